The second kappa shape index (κ2) is 14.3. The molecule has 7 heteroatoms. The monoisotopic (exact) mass is 885 g/mol. The number of benzene rings is 5. The Hall–Kier alpha value is -5.20. The van der Waals surface area contributed by atoms with Gasteiger partial charge in [-0.2, -0.15) is 0 Å². The fourth-order valence-corrected chi connectivity index (χ4v) is 7.61. The number of hydrogen-bond donors (Lipinski definition) is 0. The number of pyridine rings is 2. The standard InChI is InChI=1S/C32H24N3O.C14H16NSi.Ir/c1-32(2,3)28-18-26-27(19-33-28)35(21-11-5-4-6-12-21)31(34-26)25-15-9-14-23-24-17-16-20-10-7-8-13-22(20)29(24)36-30(23)25;1-16(2,3)13-9-10-14(15-11-13)12-7-5-4-6-8-12;/h4-14,16-19H,1-3H3;4-7,9-11H,1-3H3;/q2*-1;. The predicted octanol–water partition coefficient (Wildman–Crippen LogP) is 11.3. The van der Waals surface area contributed by atoms with Crippen molar-refractivity contribution in [3.63, 3.8) is 0 Å². The van der Waals surface area contributed by atoms with E-state index in [1.165, 1.54) is 5.19 Å². The van der Waals surface area contributed by atoms with Crippen molar-refractivity contribution >= 4 is 57.0 Å². The van der Waals surface area contributed by atoms with E-state index in [1.807, 2.05) is 60.9 Å². The van der Waals surface area contributed by atoms with Gasteiger partial charge in [-0.05, 0) is 34.5 Å². The first-order valence-corrected chi connectivity index (χ1v) is 21.2. The number of nitrogens with zero attached hydrogens (tertiary/aromatic N) is 4. The molecule has 0 aliphatic rings. The van der Waals surface area contributed by atoms with Crippen LogP contribution >= 0.6 is 0 Å². The maximum absolute atomic E-state index is 6.62. The van der Waals surface area contributed by atoms with Crippen LogP contribution in [0.1, 0.15) is 26.5 Å². The molecule has 9 aromatic rings. The molecule has 5 aromatic carbocycles. The molecule has 0 fully saturated rings. The summed E-state index contributed by atoms with van der Waals surface area (Å²) in [5.41, 5.74) is 8.40. The number of hydrogen-bond acceptors (Lipinski definition) is 4. The van der Waals surface area contributed by atoms with Crippen LogP contribution in [0.4, 0.5) is 0 Å². The van der Waals surface area contributed by atoms with Crippen molar-refractivity contribution in [1.82, 2.24) is 19.5 Å². The molecule has 0 amide bonds. The number of fused-ring (bicyclic) bond motifs is 6. The van der Waals surface area contributed by atoms with Crippen LogP contribution in [0.15, 0.2) is 138 Å². The maximum atomic E-state index is 6.62. The molecule has 4 heterocycles. The van der Waals surface area contributed by atoms with Crippen molar-refractivity contribution in [2.75, 3.05) is 0 Å². The van der Waals surface area contributed by atoms with Crippen LogP contribution in [0, 0.1) is 12.1 Å². The van der Waals surface area contributed by atoms with Crippen molar-refractivity contribution in [3.8, 4) is 28.3 Å². The first-order chi connectivity index (χ1) is 25.1. The molecule has 4 aromatic heterocycles. The molecule has 0 unspecified atom stereocenters. The zero-order valence-electron chi connectivity index (χ0n) is 30.7. The predicted molar refractivity (Wildman–Crippen MR) is 218 cm³/mol. The minimum atomic E-state index is -1.23. The summed E-state index contributed by atoms with van der Waals surface area (Å²) in [6.07, 6.45) is 3.95. The molecule has 0 spiro atoms. The molecule has 0 aliphatic carbocycles. The van der Waals surface area contributed by atoms with E-state index in [0.717, 1.165) is 77.8 Å². The van der Waals surface area contributed by atoms with Crippen molar-refractivity contribution in [2.45, 2.75) is 45.8 Å². The Bertz CT molecular complexity index is 2690. The Morgan fingerprint density at radius 1 is 0.679 bits per heavy atom. The largest absolute Gasteiger partial charge is 0.500 e. The van der Waals surface area contributed by atoms with Gasteiger partial charge in [0.15, 0.2) is 0 Å². The molecule has 0 saturated carbocycles. The first-order valence-electron chi connectivity index (χ1n) is 17.7. The third kappa shape index (κ3) is 7.00. The minimum Gasteiger partial charge on any atom is -0.500 e. The van der Waals surface area contributed by atoms with E-state index >= 15 is 0 Å². The summed E-state index contributed by atoms with van der Waals surface area (Å²) < 4.78 is 8.77. The van der Waals surface area contributed by atoms with E-state index in [-0.39, 0.29) is 25.5 Å². The van der Waals surface area contributed by atoms with Gasteiger partial charge in [0, 0.05) is 53.9 Å². The summed E-state index contributed by atoms with van der Waals surface area (Å²) in [5.74, 6) is 0.790. The smallest absolute Gasteiger partial charge is 0.128 e. The molecule has 0 saturated heterocycles. The molecule has 0 atom stereocenters. The van der Waals surface area contributed by atoms with Gasteiger partial charge in [0.25, 0.3) is 0 Å². The quantitative estimate of drug-likeness (QED) is 0.131. The molecule has 0 N–H and O–H groups in total. The van der Waals surface area contributed by atoms with Gasteiger partial charge in [0.2, 0.25) is 0 Å². The SMILES string of the molecule is CC(C)(C)c1cc2nc(-c3[c-]ccc4c3oc3c5ccccc5ccc43)n(-c3ccccc3)c2cn1.C[Si](C)(C)c1ccc(-c2[c-]cccc2)nc1.[Ir]. The van der Waals surface area contributed by atoms with Crippen LogP contribution < -0.4 is 5.19 Å². The normalized spacial score (nSPS) is 11.8. The summed E-state index contributed by atoms with van der Waals surface area (Å²) in [6, 6.07) is 48.0. The molecule has 0 aliphatic heterocycles. The molecular formula is C46H40IrN4OSi-2. The summed E-state index contributed by atoms with van der Waals surface area (Å²) in [5, 5.41) is 5.81. The van der Waals surface area contributed by atoms with Crippen LogP contribution in [0.25, 0.3) is 72.1 Å². The topological polar surface area (TPSA) is 56.7 Å². The number of para-hydroxylation sites is 1. The van der Waals surface area contributed by atoms with Crippen molar-refractivity contribution in [3.05, 3.63) is 152 Å². The maximum Gasteiger partial charge on any atom is 0.128 e. The van der Waals surface area contributed by atoms with Crippen molar-refractivity contribution < 1.29 is 24.5 Å². The Morgan fingerprint density at radius 2 is 1.43 bits per heavy atom. The van der Waals surface area contributed by atoms with Crippen LogP contribution in [0.2, 0.25) is 19.6 Å². The van der Waals surface area contributed by atoms with Crippen molar-refractivity contribution in [1.29, 1.82) is 0 Å². The van der Waals surface area contributed by atoms with Crippen LogP contribution in [0.5, 0.6) is 0 Å². The van der Waals surface area contributed by atoms with Crippen LogP contribution in [0.3, 0.4) is 0 Å². The minimum absolute atomic E-state index is 0. The van der Waals surface area contributed by atoms with Gasteiger partial charge in [0.1, 0.15) is 5.58 Å². The van der Waals surface area contributed by atoms with Gasteiger partial charge in [-0.15, -0.1) is 54.1 Å². The number of imidazole rings is 1. The zero-order chi connectivity index (χ0) is 36.0. The van der Waals surface area contributed by atoms with Gasteiger partial charge < -0.3 is 14.0 Å². The van der Waals surface area contributed by atoms with Gasteiger partial charge in [-0.25, -0.2) is 0 Å². The van der Waals surface area contributed by atoms with E-state index in [1.54, 1.807) is 0 Å². The third-order valence-electron chi connectivity index (χ3n) is 9.49. The van der Waals surface area contributed by atoms with Gasteiger partial charge >= 0.3 is 0 Å². The second-order valence-corrected chi connectivity index (χ2v) is 20.3. The van der Waals surface area contributed by atoms with Crippen LogP contribution in [-0.2, 0) is 25.5 Å². The fraction of sp³-hybridized carbons (Fsp3) is 0.152. The molecule has 53 heavy (non-hydrogen) atoms. The Kier molecular flexibility index (Phi) is 9.77. The molecular weight excluding hydrogens is 845 g/mol. The average Bonchev–Trinajstić information content (AvgIpc) is 3.74. The van der Waals surface area contributed by atoms with E-state index in [4.69, 9.17) is 14.4 Å². The zero-order valence-corrected chi connectivity index (χ0v) is 34.1. The summed E-state index contributed by atoms with van der Waals surface area (Å²) >= 11 is 0. The van der Waals surface area contributed by atoms with Gasteiger partial charge in [-0.1, -0.05) is 118 Å². The molecule has 5 nitrogen and oxygen atoms in total. The third-order valence-corrected chi connectivity index (χ3v) is 11.5. The Labute approximate surface area is 325 Å². The van der Waals surface area contributed by atoms with Crippen molar-refractivity contribution in [2.24, 2.45) is 0 Å². The number of aromatic nitrogens is 4. The fourth-order valence-electron chi connectivity index (χ4n) is 6.58. The van der Waals surface area contributed by atoms with Gasteiger partial charge in [0.05, 0.1) is 36.7 Å². The summed E-state index contributed by atoms with van der Waals surface area (Å²) in [4.78, 5) is 14.5. The number of rotatable bonds is 4. The Morgan fingerprint density at radius 3 is 2.15 bits per heavy atom. The molecule has 9 rings (SSSR count). The second-order valence-electron chi connectivity index (χ2n) is 15.2. The first kappa shape index (κ1) is 36.2. The number of furan rings is 1. The molecule has 1 radical (unpaired) electrons. The van der Waals surface area contributed by atoms with E-state index in [9.17, 15) is 0 Å². The summed E-state index contributed by atoms with van der Waals surface area (Å²) in [7, 11) is -1.23. The molecule has 265 valence electrons. The van der Waals surface area contributed by atoms with E-state index < -0.39 is 8.07 Å². The van der Waals surface area contributed by atoms with Gasteiger partial charge in [-0.3, -0.25) is 9.97 Å². The van der Waals surface area contributed by atoms with Crippen LogP contribution in [-0.4, -0.2) is 27.6 Å². The molecule has 0 bridgehead atoms. The van der Waals surface area contributed by atoms with E-state index in [2.05, 4.69) is 135 Å². The Balaban J connectivity index is 0.000000216. The average molecular weight is 885 g/mol. The summed E-state index contributed by atoms with van der Waals surface area (Å²) in [6.45, 7) is 13.5. The van der Waals surface area contributed by atoms with E-state index in [0.29, 0.717) is 0 Å².